The lowest BCUT2D eigenvalue weighted by Crippen LogP contribution is -2.19. The summed E-state index contributed by atoms with van der Waals surface area (Å²) < 4.78 is 7.30. The number of nitrogens with zero attached hydrogens (tertiary/aromatic N) is 4. The van der Waals surface area contributed by atoms with E-state index in [0.717, 1.165) is 36.3 Å². The number of para-hydroxylation sites is 1. The largest absolute Gasteiger partial charge is 0.468 e. The third-order valence-corrected chi connectivity index (χ3v) is 6.12. The summed E-state index contributed by atoms with van der Waals surface area (Å²) in [4.78, 5) is 26.3. The fourth-order valence-corrected chi connectivity index (χ4v) is 4.41. The van der Waals surface area contributed by atoms with Crippen molar-refractivity contribution in [2.45, 2.75) is 32.7 Å². The van der Waals surface area contributed by atoms with Gasteiger partial charge in [0, 0.05) is 12.1 Å². The molecule has 1 aliphatic rings. The highest BCUT2D eigenvalue weighted by atomic mass is 16.5. The van der Waals surface area contributed by atoms with Crippen molar-refractivity contribution in [2.75, 3.05) is 12.4 Å². The molecule has 1 unspecified atom stereocenters. The molecular weight excluding hydrogens is 416 g/mol. The molecule has 1 atom stereocenters. The van der Waals surface area contributed by atoms with E-state index in [1.807, 2.05) is 24.3 Å². The Morgan fingerprint density at radius 3 is 2.73 bits per heavy atom. The summed E-state index contributed by atoms with van der Waals surface area (Å²) in [6.45, 7) is 2.90. The minimum absolute atomic E-state index is 0.302. The number of carbonyl (C=O) groups is 1. The van der Waals surface area contributed by atoms with Crippen LogP contribution in [-0.2, 0) is 19.4 Å². The minimum Gasteiger partial charge on any atom is -0.468 e. The molecule has 1 aliphatic carbocycles. The van der Waals surface area contributed by atoms with Crippen LogP contribution < -0.4 is 15.8 Å². The number of amides is 1. The summed E-state index contributed by atoms with van der Waals surface area (Å²) in [6, 6.07) is 15.8. The quantitative estimate of drug-likeness (QED) is 0.472. The number of fused-ring (bicyclic) bond motifs is 2. The van der Waals surface area contributed by atoms with Crippen LogP contribution in [-0.4, -0.2) is 32.5 Å². The van der Waals surface area contributed by atoms with Crippen LogP contribution in [0.1, 0.15) is 40.5 Å². The molecule has 0 fully saturated rings. The van der Waals surface area contributed by atoms with Gasteiger partial charge in [-0.3, -0.25) is 4.79 Å². The first-order valence-electron chi connectivity index (χ1n) is 11.1. The molecule has 0 saturated heterocycles. The summed E-state index contributed by atoms with van der Waals surface area (Å²) in [5, 5.41) is 3.52. The van der Waals surface area contributed by atoms with Crippen molar-refractivity contribution in [3.63, 3.8) is 0 Å². The molecule has 3 N–H and O–H groups in total. The van der Waals surface area contributed by atoms with Crippen molar-refractivity contribution < 1.29 is 9.53 Å². The topological polar surface area (TPSA) is 108 Å². The van der Waals surface area contributed by atoms with Crippen molar-refractivity contribution in [3.05, 3.63) is 70.9 Å². The molecule has 1 amide bonds. The van der Waals surface area contributed by atoms with Gasteiger partial charge in [-0.1, -0.05) is 43.3 Å². The fraction of sp³-hybridized carbons (Fsp3) is 0.280. The summed E-state index contributed by atoms with van der Waals surface area (Å²) in [5.41, 5.74) is 10.4. The zero-order valence-electron chi connectivity index (χ0n) is 18.7. The normalized spacial score (nSPS) is 15.3. The van der Waals surface area contributed by atoms with E-state index < -0.39 is 5.91 Å². The van der Waals surface area contributed by atoms with Crippen LogP contribution in [0.5, 0.6) is 6.01 Å². The number of ether oxygens (including phenoxy) is 1. The smallest absolute Gasteiger partial charge is 0.304 e. The average Bonchev–Trinajstić information content (AvgIpc) is 3.21. The summed E-state index contributed by atoms with van der Waals surface area (Å²) >= 11 is 0. The maximum absolute atomic E-state index is 12.0. The number of nitrogens with two attached hydrogens (primary N) is 1. The van der Waals surface area contributed by atoms with E-state index in [2.05, 4.69) is 29.4 Å². The van der Waals surface area contributed by atoms with Crippen LogP contribution in [0.2, 0.25) is 0 Å². The van der Waals surface area contributed by atoms with Crippen LogP contribution in [0.4, 0.5) is 5.82 Å². The summed E-state index contributed by atoms with van der Waals surface area (Å²) in [5.74, 6) is 1.28. The van der Waals surface area contributed by atoms with Gasteiger partial charge in [-0.05, 0) is 42.9 Å². The van der Waals surface area contributed by atoms with Gasteiger partial charge in [0.25, 0.3) is 5.91 Å². The Balaban J connectivity index is 1.65. The molecule has 2 heterocycles. The Bertz CT molecular complexity index is 1330. The van der Waals surface area contributed by atoms with Crippen molar-refractivity contribution in [2.24, 2.45) is 11.7 Å². The Hall–Kier alpha value is -3.94. The van der Waals surface area contributed by atoms with E-state index in [9.17, 15) is 4.79 Å². The third kappa shape index (κ3) is 3.88. The highest BCUT2D eigenvalue weighted by Gasteiger charge is 2.25. The van der Waals surface area contributed by atoms with Crippen molar-refractivity contribution in [3.8, 4) is 12.0 Å². The van der Waals surface area contributed by atoms with Crippen molar-refractivity contribution >= 4 is 22.8 Å². The molecule has 8 heteroatoms. The molecule has 168 valence electrons. The number of rotatable bonds is 6. The molecule has 0 spiro atoms. The highest BCUT2D eigenvalue weighted by Crippen LogP contribution is 2.32. The Labute approximate surface area is 191 Å². The molecular formula is C25H26N6O2. The van der Waals surface area contributed by atoms with Crippen molar-refractivity contribution in [1.29, 1.82) is 0 Å². The standard InChI is InChI=1S/C25H26N6O2/c1-15-11-12-17-19(13-15)28-24(30-23(17)27-14-16-7-4-3-5-8-16)31-20-10-6-9-18(22(26)32)21(20)29-25(31)33-2/h3-10,15H,11-14H2,1-2H3,(H2,26,32)(H,27,28,30). The SMILES string of the molecule is COc1nc2c(C(N)=O)cccc2n1-c1nc2c(c(NCc3ccccc3)n1)CCC(C)C2. The molecule has 0 saturated carbocycles. The van der Waals surface area contributed by atoms with E-state index in [1.165, 1.54) is 12.7 Å². The Morgan fingerprint density at radius 2 is 1.97 bits per heavy atom. The number of primary amides is 1. The Kier molecular flexibility index (Phi) is 5.42. The number of hydrogen-bond acceptors (Lipinski definition) is 6. The average molecular weight is 443 g/mol. The molecule has 0 aliphatic heterocycles. The lowest BCUT2D eigenvalue weighted by molar-refractivity contribution is 0.100. The van der Waals surface area contributed by atoms with Crippen LogP contribution in [0.15, 0.2) is 48.5 Å². The third-order valence-electron chi connectivity index (χ3n) is 6.12. The number of methoxy groups -OCH3 is 1. The van der Waals surface area contributed by atoms with E-state index in [-0.39, 0.29) is 0 Å². The zero-order chi connectivity index (χ0) is 22.9. The maximum atomic E-state index is 12.0. The molecule has 2 aromatic carbocycles. The Morgan fingerprint density at radius 1 is 1.15 bits per heavy atom. The highest BCUT2D eigenvalue weighted by molar-refractivity contribution is 6.04. The predicted molar refractivity (Wildman–Crippen MR) is 127 cm³/mol. The number of carbonyl (C=O) groups excluding carboxylic acids is 1. The lowest BCUT2D eigenvalue weighted by Gasteiger charge is -2.24. The van der Waals surface area contributed by atoms with Gasteiger partial charge in [0.1, 0.15) is 11.3 Å². The number of aromatic nitrogens is 4. The molecule has 4 aromatic rings. The van der Waals surface area contributed by atoms with E-state index in [4.69, 9.17) is 20.4 Å². The second-order valence-electron chi connectivity index (χ2n) is 8.46. The number of anilines is 1. The van der Waals surface area contributed by atoms with Gasteiger partial charge in [-0.15, -0.1) is 0 Å². The van der Waals surface area contributed by atoms with Gasteiger partial charge in [0.2, 0.25) is 5.95 Å². The zero-order valence-corrected chi connectivity index (χ0v) is 18.7. The van der Waals surface area contributed by atoms with Gasteiger partial charge in [-0.2, -0.15) is 9.97 Å². The first-order chi connectivity index (χ1) is 16.0. The van der Waals surface area contributed by atoms with E-state index in [1.54, 1.807) is 16.7 Å². The van der Waals surface area contributed by atoms with Crippen LogP contribution in [0, 0.1) is 5.92 Å². The number of hydrogen-bond donors (Lipinski definition) is 2. The van der Waals surface area contributed by atoms with Gasteiger partial charge in [0.15, 0.2) is 0 Å². The van der Waals surface area contributed by atoms with E-state index >= 15 is 0 Å². The van der Waals surface area contributed by atoms with Crippen LogP contribution in [0.25, 0.3) is 17.0 Å². The van der Waals surface area contributed by atoms with Gasteiger partial charge in [0.05, 0.1) is 23.9 Å². The molecule has 2 aromatic heterocycles. The van der Waals surface area contributed by atoms with Crippen LogP contribution in [0.3, 0.4) is 0 Å². The first kappa shape index (κ1) is 20.9. The van der Waals surface area contributed by atoms with Gasteiger partial charge >= 0.3 is 6.01 Å². The van der Waals surface area contributed by atoms with Gasteiger partial charge in [-0.25, -0.2) is 9.55 Å². The van der Waals surface area contributed by atoms with E-state index in [0.29, 0.717) is 41.0 Å². The van der Waals surface area contributed by atoms with Gasteiger partial charge < -0.3 is 15.8 Å². The molecule has 8 nitrogen and oxygen atoms in total. The summed E-state index contributed by atoms with van der Waals surface area (Å²) in [7, 11) is 1.54. The second kappa shape index (κ2) is 8.54. The number of benzene rings is 2. The van der Waals surface area contributed by atoms with Crippen LogP contribution >= 0.6 is 0 Å². The monoisotopic (exact) mass is 442 g/mol. The number of nitrogens with one attached hydrogen (secondary N) is 1. The molecule has 0 bridgehead atoms. The lowest BCUT2D eigenvalue weighted by atomic mass is 9.88. The summed E-state index contributed by atoms with van der Waals surface area (Å²) in [6.07, 6.45) is 2.92. The maximum Gasteiger partial charge on any atom is 0.304 e. The fourth-order valence-electron chi connectivity index (χ4n) is 4.41. The molecule has 5 rings (SSSR count). The molecule has 33 heavy (non-hydrogen) atoms. The first-order valence-corrected chi connectivity index (χ1v) is 11.1. The van der Waals surface area contributed by atoms with Crippen molar-refractivity contribution in [1.82, 2.24) is 19.5 Å². The molecule has 0 radical (unpaired) electrons. The minimum atomic E-state index is -0.543. The second-order valence-corrected chi connectivity index (χ2v) is 8.46. The predicted octanol–water partition coefficient (Wildman–Crippen LogP) is 3.66. The number of imidazole rings is 1.